The number of nitrogens with one attached hydrogen (secondary N) is 2. The number of carbonyl (C=O) groups excluding carboxylic acids is 3. The molecule has 7 nitrogen and oxygen atoms in total. The van der Waals surface area contributed by atoms with Crippen LogP contribution in [0.15, 0.2) is 59.1 Å². The summed E-state index contributed by atoms with van der Waals surface area (Å²) in [4.78, 5) is 37.6. The summed E-state index contributed by atoms with van der Waals surface area (Å²) in [6.45, 7) is 1.95. The van der Waals surface area contributed by atoms with Gasteiger partial charge >= 0.3 is 5.97 Å². The molecule has 1 aliphatic rings. The molecule has 0 saturated carbocycles. The van der Waals surface area contributed by atoms with Gasteiger partial charge in [-0.25, -0.2) is 0 Å². The lowest BCUT2D eigenvalue weighted by Gasteiger charge is -2.30. The number of benzene rings is 2. The van der Waals surface area contributed by atoms with Crippen molar-refractivity contribution in [3.8, 4) is 6.07 Å². The molecule has 32 heavy (non-hydrogen) atoms. The number of nitriles is 1. The molecule has 0 saturated heterocycles. The molecule has 0 radical (unpaired) electrons. The maximum atomic E-state index is 12.8. The van der Waals surface area contributed by atoms with Gasteiger partial charge in [0.05, 0.1) is 29.5 Å². The molecule has 0 bridgehead atoms. The van der Waals surface area contributed by atoms with Crippen molar-refractivity contribution in [3.63, 3.8) is 0 Å². The molecule has 2 aromatic rings. The Balaban J connectivity index is 1.87. The Morgan fingerprint density at radius 2 is 1.84 bits per heavy atom. The number of aryl methyl sites for hydroxylation is 1. The molecule has 0 unspecified atom stereocenters. The minimum absolute atomic E-state index is 0.0368. The Morgan fingerprint density at radius 1 is 1.19 bits per heavy atom. The quantitative estimate of drug-likeness (QED) is 0.492. The highest BCUT2D eigenvalue weighted by Gasteiger charge is 2.44. The Bertz CT molecular complexity index is 1110. The van der Waals surface area contributed by atoms with E-state index in [1.165, 1.54) is 7.11 Å². The number of carbonyl (C=O) groups is 3. The van der Waals surface area contributed by atoms with Gasteiger partial charge in [-0.05, 0) is 36.8 Å². The summed E-state index contributed by atoms with van der Waals surface area (Å²) in [7, 11) is 1.18. The molecule has 2 atom stereocenters. The van der Waals surface area contributed by atoms with Gasteiger partial charge < -0.3 is 15.4 Å². The molecule has 9 heteroatoms. The number of hydrogen-bond donors (Lipinski definition) is 2. The number of amides is 2. The van der Waals surface area contributed by atoms with Crippen molar-refractivity contribution in [1.82, 2.24) is 5.32 Å². The molecule has 1 aliphatic heterocycles. The van der Waals surface area contributed by atoms with Crippen molar-refractivity contribution >= 4 is 46.8 Å². The van der Waals surface area contributed by atoms with Gasteiger partial charge in [-0.3, -0.25) is 14.4 Å². The average molecular weight is 470 g/mol. The molecule has 2 amide bonds. The fraction of sp³-hybridized carbons (Fsp3) is 0.217. The van der Waals surface area contributed by atoms with Gasteiger partial charge in [-0.15, -0.1) is 0 Å². The fourth-order valence-electron chi connectivity index (χ4n) is 3.32. The summed E-state index contributed by atoms with van der Waals surface area (Å²) < 4.78 is 4.81. The van der Waals surface area contributed by atoms with Gasteiger partial charge in [0.1, 0.15) is 5.92 Å². The zero-order valence-corrected chi connectivity index (χ0v) is 18.9. The number of thioether (sulfide) groups is 1. The molecule has 1 heterocycles. The second kappa shape index (κ2) is 10.4. The first-order chi connectivity index (χ1) is 15.3. The second-order valence-corrected chi connectivity index (χ2v) is 8.50. The van der Waals surface area contributed by atoms with Crippen molar-refractivity contribution in [1.29, 1.82) is 5.26 Å². The van der Waals surface area contributed by atoms with Gasteiger partial charge in [0.25, 0.3) is 0 Å². The predicted molar refractivity (Wildman–Crippen MR) is 123 cm³/mol. The smallest absolute Gasteiger partial charge is 0.319 e. The van der Waals surface area contributed by atoms with Crippen LogP contribution in [0.5, 0.6) is 0 Å². The number of ether oxygens (including phenoxy) is 1. The molecule has 2 N–H and O–H groups in total. The normalized spacial score (nSPS) is 17.9. The van der Waals surface area contributed by atoms with Crippen LogP contribution in [0.25, 0.3) is 0 Å². The van der Waals surface area contributed by atoms with Gasteiger partial charge in [-0.2, -0.15) is 5.26 Å². The summed E-state index contributed by atoms with van der Waals surface area (Å²) in [5, 5.41) is 16.0. The van der Waals surface area contributed by atoms with E-state index in [1.807, 2.05) is 19.1 Å². The summed E-state index contributed by atoms with van der Waals surface area (Å²) >= 11 is 6.99. The van der Waals surface area contributed by atoms with Crippen molar-refractivity contribution in [2.75, 3.05) is 18.2 Å². The number of anilines is 1. The molecule has 0 fully saturated rings. The Labute approximate surface area is 194 Å². The van der Waals surface area contributed by atoms with E-state index in [4.69, 9.17) is 16.3 Å². The fourth-order valence-corrected chi connectivity index (χ4v) is 4.30. The highest BCUT2D eigenvalue weighted by atomic mass is 35.5. The molecule has 164 valence electrons. The van der Waals surface area contributed by atoms with Gasteiger partial charge in [-0.1, -0.05) is 53.2 Å². The minimum Gasteiger partial charge on any atom is -0.468 e. The number of methoxy groups -OCH3 is 1. The topological polar surface area (TPSA) is 108 Å². The Hall–Kier alpha value is -3.28. The van der Waals surface area contributed by atoms with Crippen molar-refractivity contribution in [3.05, 3.63) is 75.3 Å². The first kappa shape index (κ1) is 23.4. The van der Waals surface area contributed by atoms with Crippen LogP contribution >= 0.6 is 23.4 Å². The van der Waals surface area contributed by atoms with Crippen LogP contribution in [0.4, 0.5) is 5.69 Å². The molecule has 3 rings (SSSR count). The summed E-state index contributed by atoms with van der Waals surface area (Å²) in [6.07, 6.45) is 0. The third kappa shape index (κ3) is 5.31. The monoisotopic (exact) mass is 469 g/mol. The minimum atomic E-state index is -1.23. The van der Waals surface area contributed by atoms with E-state index in [2.05, 4.69) is 16.7 Å². The lowest BCUT2D eigenvalue weighted by atomic mass is 9.78. The van der Waals surface area contributed by atoms with Crippen molar-refractivity contribution in [2.45, 2.75) is 12.8 Å². The van der Waals surface area contributed by atoms with E-state index in [9.17, 15) is 19.6 Å². The molecule has 0 aromatic heterocycles. The van der Waals surface area contributed by atoms with Crippen LogP contribution in [0.2, 0.25) is 5.02 Å². The van der Waals surface area contributed by atoms with Crippen LogP contribution in [-0.2, 0) is 19.1 Å². The van der Waals surface area contributed by atoms with Crippen LogP contribution in [0, 0.1) is 24.2 Å². The Morgan fingerprint density at radius 3 is 2.44 bits per heavy atom. The lowest BCUT2D eigenvalue weighted by Crippen LogP contribution is -2.44. The predicted octanol–water partition coefficient (Wildman–Crippen LogP) is 3.76. The van der Waals surface area contributed by atoms with E-state index in [-0.39, 0.29) is 22.3 Å². The lowest BCUT2D eigenvalue weighted by molar-refractivity contribution is -0.150. The standard InChI is InChI=1S/C23H20ClN3O4S/c1-13-3-9-16(10-4-13)26-18(28)12-32-22-17(11-25)19(14-5-7-15(24)8-6-14)20(21(29)27-22)23(30)31-2/h3-10,19-20H,12H2,1-2H3,(H,26,28)(H,27,29)/t19-,20-/m0/s1. The highest BCUT2D eigenvalue weighted by molar-refractivity contribution is 8.03. The second-order valence-electron chi connectivity index (χ2n) is 7.08. The SMILES string of the molecule is COC(=O)[C@@H]1C(=O)NC(SCC(=O)Nc2ccc(C)cc2)=C(C#N)[C@@H]1c1ccc(Cl)cc1. The van der Waals surface area contributed by atoms with E-state index < -0.39 is 23.7 Å². The number of nitrogens with zero attached hydrogens (tertiary/aromatic N) is 1. The van der Waals surface area contributed by atoms with Crippen LogP contribution < -0.4 is 10.6 Å². The molecular weight excluding hydrogens is 450 g/mol. The summed E-state index contributed by atoms with van der Waals surface area (Å²) in [5.74, 6) is -3.78. The van der Waals surface area contributed by atoms with E-state index in [0.29, 0.717) is 16.3 Å². The summed E-state index contributed by atoms with van der Waals surface area (Å²) in [5.41, 5.74) is 2.46. The zero-order chi connectivity index (χ0) is 23.3. The first-order valence-corrected chi connectivity index (χ1v) is 11.0. The maximum Gasteiger partial charge on any atom is 0.319 e. The Kier molecular flexibility index (Phi) is 7.57. The van der Waals surface area contributed by atoms with Gasteiger partial charge in [0.2, 0.25) is 11.8 Å². The van der Waals surface area contributed by atoms with Crippen molar-refractivity contribution < 1.29 is 19.1 Å². The highest BCUT2D eigenvalue weighted by Crippen LogP contribution is 2.40. The number of esters is 1. The van der Waals surface area contributed by atoms with Crippen LogP contribution in [0.3, 0.4) is 0 Å². The zero-order valence-electron chi connectivity index (χ0n) is 17.3. The van der Waals surface area contributed by atoms with Gasteiger partial charge in [0.15, 0.2) is 0 Å². The number of allylic oxidation sites excluding steroid dienone is 1. The number of halogens is 1. The van der Waals surface area contributed by atoms with Crippen LogP contribution in [0.1, 0.15) is 17.0 Å². The third-order valence-corrected chi connectivity index (χ3v) is 6.16. The maximum absolute atomic E-state index is 12.8. The van der Waals surface area contributed by atoms with Crippen LogP contribution in [-0.4, -0.2) is 30.6 Å². The average Bonchev–Trinajstić information content (AvgIpc) is 2.78. The molecule has 0 aliphatic carbocycles. The first-order valence-electron chi connectivity index (χ1n) is 9.61. The molecule has 0 spiro atoms. The molecule has 2 aromatic carbocycles. The largest absolute Gasteiger partial charge is 0.468 e. The molecular formula is C23H20ClN3O4S. The number of rotatable bonds is 6. The summed E-state index contributed by atoms with van der Waals surface area (Å²) in [6, 6.07) is 16.0. The van der Waals surface area contributed by atoms with E-state index in [1.54, 1.807) is 36.4 Å². The van der Waals surface area contributed by atoms with Gasteiger partial charge in [0, 0.05) is 16.6 Å². The van der Waals surface area contributed by atoms with Crippen molar-refractivity contribution in [2.24, 2.45) is 5.92 Å². The number of hydrogen-bond acceptors (Lipinski definition) is 6. The third-order valence-electron chi connectivity index (χ3n) is 4.90. The van der Waals surface area contributed by atoms with E-state index in [0.717, 1.165) is 17.3 Å². The van der Waals surface area contributed by atoms with E-state index >= 15 is 0 Å².